The number of anilines is 1. The minimum absolute atomic E-state index is 0.0502. The topological polar surface area (TPSA) is 63.3 Å². The molecule has 3 N–H and O–H groups in total. The zero-order chi connectivity index (χ0) is 9.30. The van der Waals surface area contributed by atoms with Gasteiger partial charge >= 0.3 is 5.97 Å². The Morgan fingerprint density at radius 1 is 1.58 bits per heavy atom. The summed E-state index contributed by atoms with van der Waals surface area (Å²) >= 11 is 5.65. The fourth-order valence-electron chi connectivity index (χ4n) is 0.952. The minimum Gasteiger partial charge on any atom is -0.478 e. The van der Waals surface area contributed by atoms with Crippen molar-refractivity contribution in [2.24, 2.45) is 0 Å². The molecule has 0 aliphatic heterocycles. The van der Waals surface area contributed by atoms with Crippen molar-refractivity contribution in [3.05, 3.63) is 28.3 Å². The molecule has 3 nitrogen and oxygen atoms in total. The van der Waals surface area contributed by atoms with Gasteiger partial charge in [0.15, 0.2) is 0 Å². The molecule has 0 atom stereocenters. The number of carboxylic acid groups (broad SMARTS) is 1. The summed E-state index contributed by atoms with van der Waals surface area (Å²) in [5.41, 5.74) is 6.60. The summed E-state index contributed by atoms with van der Waals surface area (Å²) in [5.74, 6) is -1.06. The number of rotatable bonds is 1. The van der Waals surface area contributed by atoms with Crippen molar-refractivity contribution in [3.8, 4) is 0 Å². The third-order valence-electron chi connectivity index (χ3n) is 1.48. The van der Waals surface area contributed by atoms with Crippen molar-refractivity contribution in [3.63, 3.8) is 0 Å². The van der Waals surface area contributed by atoms with Gasteiger partial charge in [-0.15, -0.1) is 0 Å². The van der Waals surface area contributed by atoms with Crippen LogP contribution in [0.15, 0.2) is 12.1 Å². The van der Waals surface area contributed by atoms with Crippen molar-refractivity contribution < 1.29 is 9.90 Å². The lowest BCUT2D eigenvalue weighted by Crippen LogP contribution is -2.00. The maximum Gasteiger partial charge on any atom is 0.337 e. The highest BCUT2D eigenvalue weighted by atomic mass is 35.5. The van der Waals surface area contributed by atoms with Crippen molar-refractivity contribution in [1.82, 2.24) is 0 Å². The monoisotopic (exact) mass is 185 g/mol. The number of carbonyl (C=O) groups is 1. The minimum atomic E-state index is -1.06. The molecule has 0 aliphatic rings. The number of carboxylic acids is 1. The number of hydrogen-bond donors (Lipinski definition) is 2. The first-order valence-corrected chi connectivity index (χ1v) is 3.69. The van der Waals surface area contributed by atoms with E-state index in [1.807, 2.05) is 0 Å². The molecule has 1 aromatic rings. The quantitative estimate of drug-likeness (QED) is 0.658. The molecular weight excluding hydrogens is 178 g/mol. The van der Waals surface area contributed by atoms with Crippen molar-refractivity contribution in [2.75, 3.05) is 5.73 Å². The predicted octanol–water partition coefficient (Wildman–Crippen LogP) is 1.93. The second kappa shape index (κ2) is 3.03. The second-order valence-corrected chi connectivity index (χ2v) is 2.90. The zero-order valence-electron chi connectivity index (χ0n) is 6.47. The first kappa shape index (κ1) is 8.87. The van der Waals surface area contributed by atoms with Crippen LogP contribution >= 0.6 is 11.6 Å². The molecule has 1 rings (SSSR count). The number of hydrogen-bond acceptors (Lipinski definition) is 2. The lowest BCUT2D eigenvalue weighted by atomic mass is 10.1. The second-order valence-electron chi connectivity index (χ2n) is 2.52. The fourth-order valence-corrected chi connectivity index (χ4v) is 1.14. The third-order valence-corrected chi connectivity index (χ3v) is 1.90. The normalized spacial score (nSPS) is 9.83. The van der Waals surface area contributed by atoms with Gasteiger partial charge in [0.1, 0.15) is 0 Å². The largest absolute Gasteiger partial charge is 0.478 e. The van der Waals surface area contributed by atoms with Gasteiger partial charge in [0.25, 0.3) is 0 Å². The van der Waals surface area contributed by atoms with Gasteiger partial charge in [0, 0.05) is 0 Å². The molecule has 0 saturated heterocycles. The van der Waals surface area contributed by atoms with Crippen molar-refractivity contribution in [1.29, 1.82) is 0 Å². The summed E-state index contributed by atoms with van der Waals surface area (Å²) in [6.45, 7) is 1.76. The summed E-state index contributed by atoms with van der Waals surface area (Å²) in [6.07, 6.45) is 0. The van der Waals surface area contributed by atoms with Gasteiger partial charge < -0.3 is 10.8 Å². The molecule has 0 heterocycles. The van der Waals surface area contributed by atoms with Gasteiger partial charge in [-0.05, 0) is 24.6 Å². The van der Waals surface area contributed by atoms with Gasteiger partial charge in [-0.1, -0.05) is 11.6 Å². The van der Waals surface area contributed by atoms with Gasteiger partial charge in [0.2, 0.25) is 0 Å². The highest BCUT2D eigenvalue weighted by Gasteiger charge is 2.11. The van der Waals surface area contributed by atoms with Crippen LogP contribution in [0.5, 0.6) is 0 Å². The standard InChI is InChI=1S/C8H8ClNO2/c1-4-2-5(8(11)12)7(9)6(10)3-4/h2-3H,10H2,1H3,(H,11,12). The van der Waals surface area contributed by atoms with Gasteiger partial charge in [-0.25, -0.2) is 4.79 Å². The Labute approximate surface area is 74.8 Å². The van der Waals surface area contributed by atoms with Crippen LogP contribution < -0.4 is 5.73 Å². The highest BCUT2D eigenvalue weighted by molar-refractivity contribution is 6.36. The Bertz CT molecular complexity index is 336. The first-order valence-electron chi connectivity index (χ1n) is 3.31. The van der Waals surface area contributed by atoms with Crippen LogP contribution in [-0.2, 0) is 0 Å². The smallest absolute Gasteiger partial charge is 0.337 e. The van der Waals surface area contributed by atoms with Gasteiger partial charge in [-0.3, -0.25) is 0 Å². The van der Waals surface area contributed by atoms with Crippen molar-refractivity contribution >= 4 is 23.3 Å². The van der Waals surface area contributed by atoms with E-state index in [1.54, 1.807) is 13.0 Å². The Hall–Kier alpha value is -1.22. The van der Waals surface area contributed by atoms with Crippen LogP contribution in [0.25, 0.3) is 0 Å². The van der Waals surface area contributed by atoms with Crippen LogP contribution in [0.1, 0.15) is 15.9 Å². The third kappa shape index (κ3) is 1.51. The van der Waals surface area contributed by atoms with E-state index in [0.29, 0.717) is 5.69 Å². The molecule has 0 aromatic heterocycles. The number of nitrogens with two attached hydrogens (primary N) is 1. The molecule has 0 unspecified atom stereocenters. The Kier molecular flexibility index (Phi) is 2.24. The highest BCUT2D eigenvalue weighted by Crippen LogP contribution is 2.24. The summed E-state index contributed by atoms with van der Waals surface area (Å²) in [6, 6.07) is 3.12. The van der Waals surface area contributed by atoms with E-state index in [1.165, 1.54) is 6.07 Å². The van der Waals surface area contributed by atoms with E-state index in [-0.39, 0.29) is 10.6 Å². The van der Waals surface area contributed by atoms with Crippen LogP contribution in [0, 0.1) is 6.92 Å². The first-order chi connectivity index (χ1) is 5.52. The Morgan fingerprint density at radius 2 is 2.17 bits per heavy atom. The molecule has 1 aromatic carbocycles. The van der Waals surface area contributed by atoms with E-state index < -0.39 is 5.97 Å². The summed E-state index contributed by atoms with van der Waals surface area (Å²) in [7, 11) is 0. The average Bonchev–Trinajstić information content (AvgIpc) is 1.96. The maximum atomic E-state index is 10.6. The number of nitrogen functional groups attached to an aromatic ring is 1. The zero-order valence-corrected chi connectivity index (χ0v) is 7.22. The average molecular weight is 186 g/mol. The Balaban J connectivity index is 3.37. The SMILES string of the molecule is Cc1cc(N)c(Cl)c(C(=O)O)c1. The lowest BCUT2D eigenvalue weighted by Gasteiger charge is -2.03. The van der Waals surface area contributed by atoms with Gasteiger partial charge in [0.05, 0.1) is 16.3 Å². The Morgan fingerprint density at radius 3 is 2.67 bits per heavy atom. The summed E-state index contributed by atoms with van der Waals surface area (Å²) in [4.78, 5) is 10.6. The lowest BCUT2D eigenvalue weighted by molar-refractivity contribution is 0.0697. The molecule has 64 valence electrons. The maximum absolute atomic E-state index is 10.6. The molecule has 0 radical (unpaired) electrons. The molecule has 12 heavy (non-hydrogen) atoms. The summed E-state index contributed by atoms with van der Waals surface area (Å²) < 4.78 is 0. The molecular formula is C8H8ClNO2. The van der Waals surface area contributed by atoms with Crippen molar-refractivity contribution in [2.45, 2.75) is 6.92 Å². The van der Waals surface area contributed by atoms with Crippen LogP contribution in [0.3, 0.4) is 0 Å². The number of aryl methyl sites for hydroxylation is 1. The number of aromatic carboxylic acids is 1. The van der Waals surface area contributed by atoms with Crippen LogP contribution in [-0.4, -0.2) is 11.1 Å². The number of benzene rings is 1. The molecule has 0 bridgehead atoms. The van der Waals surface area contributed by atoms with E-state index in [2.05, 4.69) is 0 Å². The molecule has 0 fully saturated rings. The molecule has 4 heteroatoms. The molecule has 0 saturated carbocycles. The van der Waals surface area contributed by atoms with E-state index in [0.717, 1.165) is 5.56 Å². The summed E-state index contributed by atoms with van der Waals surface area (Å²) in [5, 5.41) is 8.78. The number of halogens is 1. The predicted molar refractivity (Wildman–Crippen MR) is 47.6 cm³/mol. The van der Waals surface area contributed by atoms with E-state index in [4.69, 9.17) is 22.4 Å². The molecule has 0 amide bonds. The van der Waals surface area contributed by atoms with E-state index >= 15 is 0 Å². The molecule has 0 spiro atoms. The fraction of sp³-hybridized carbons (Fsp3) is 0.125. The van der Waals surface area contributed by atoms with Crippen LogP contribution in [0.4, 0.5) is 5.69 Å². The molecule has 0 aliphatic carbocycles. The van der Waals surface area contributed by atoms with Gasteiger partial charge in [-0.2, -0.15) is 0 Å². The van der Waals surface area contributed by atoms with E-state index in [9.17, 15) is 4.79 Å². The van der Waals surface area contributed by atoms with Crippen LogP contribution in [0.2, 0.25) is 5.02 Å².